The van der Waals surface area contributed by atoms with E-state index in [2.05, 4.69) is 31.3 Å². The minimum atomic E-state index is 0.598. The lowest BCUT2D eigenvalue weighted by Gasteiger charge is -2.19. The molecule has 2 rings (SSSR count). The molecule has 1 fully saturated rings. The van der Waals surface area contributed by atoms with Crippen molar-refractivity contribution in [3.63, 3.8) is 0 Å². The Kier molecular flexibility index (Phi) is 5.57. The first-order valence-electron chi connectivity index (χ1n) is 7.71. The first-order valence-corrected chi connectivity index (χ1v) is 8.09. The second-order valence-corrected chi connectivity index (χ2v) is 6.39. The van der Waals surface area contributed by atoms with Crippen LogP contribution in [-0.2, 0) is 0 Å². The third kappa shape index (κ3) is 4.42. The summed E-state index contributed by atoms with van der Waals surface area (Å²) < 4.78 is 0. The molecule has 0 aromatic heterocycles. The third-order valence-corrected chi connectivity index (χ3v) is 4.60. The monoisotopic (exact) mass is 279 g/mol. The van der Waals surface area contributed by atoms with E-state index in [1.807, 2.05) is 6.07 Å². The van der Waals surface area contributed by atoms with Crippen molar-refractivity contribution >= 4 is 17.3 Å². The number of halogens is 1. The average Bonchev–Trinajstić information content (AvgIpc) is 2.60. The summed E-state index contributed by atoms with van der Waals surface area (Å²) in [5.74, 6) is 0.949. The molecule has 1 saturated carbocycles. The van der Waals surface area contributed by atoms with Crippen LogP contribution in [0.25, 0.3) is 0 Å². The number of nitrogens with one attached hydrogen (secondary N) is 1. The topological polar surface area (TPSA) is 12.0 Å². The number of hydrogen-bond acceptors (Lipinski definition) is 1. The van der Waals surface area contributed by atoms with Gasteiger partial charge in [0.25, 0.3) is 0 Å². The summed E-state index contributed by atoms with van der Waals surface area (Å²) in [7, 11) is 0. The maximum atomic E-state index is 6.27. The predicted octanol–water partition coefficient (Wildman–Crippen LogP) is 5.81. The van der Waals surface area contributed by atoms with E-state index in [4.69, 9.17) is 11.6 Å². The van der Waals surface area contributed by atoms with Gasteiger partial charge in [0.15, 0.2) is 0 Å². The fourth-order valence-corrected chi connectivity index (χ4v) is 3.36. The summed E-state index contributed by atoms with van der Waals surface area (Å²) in [6.45, 7) is 4.42. The highest BCUT2D eigenvalue weighted by Crippen LogP contribution is 2.30. The smallest absolute Gasteiger partial charge is 0.0637 e. The van der Waals surface area contributed by atoms with Gasteiger partial charge in [0.05, 0.1) is 10.7 Å². The molecule has 0 aliphatic heterocycles. The van der Waals surface area contributed by atoms with Crippen molar-refractivity contribution in [2.75, 3.05) is 5.32 Å². The van der Waals surface area contributed by atoms with Gasteiger partial charge in [-0.3, -0.25) is 0 Å². The summed E-state index contributed by atoms with van der Waals surface area (Å²) in [6, 6.07) is 6.82. The van der Waals surface area contributed by atoms with Gasteiger partial charge in [0, 0.05) is 6.04 Å². The lowest BCUT2D eigenvalue weighted by Crippen LogP contribution is -2.18. The van der Waals surface area contributed by atoms with Crippen LogP contribution in [0.1, 0.15) is 57.4 Å². The number of anilines is 1. The number of aryl methyl sites for hydroxylation is 1. The Bertz CT molecular complexity index is 402. The first-order chi connectivity index (χ1) is 9.19. The standard InChI is InChI=1S/C17H26ClN/c1-3-5-14-6-4-7-15(10-9-14)19-17-12-13(2)8-11-16(17)18/h8,11-12,14-15,19H,3-7,9-10H2,1-2H3. The highest BCUT2D eigenvalue weighted by atomic mass is 35.5. The first kappa shape index (κ1) is 14.7. The molecule has 0 radical (unpaired) electrons. The Balaban J connectivity index is 1.94. The van der Waals surface area contributed by atoms with E-state index >= 15 is 0 Å². The van der Waals surface area contributed by atoms with Crippen LogP contribution in [-0.4, -0.2) is 6.04 Å². The molecular weight excluding hydrogens is 254 g/mol. The van der Waals surface area contributed by atoms with Crippen LogP contribution in [0.5, 0.6) is 0 Å². The van der Waals surface area contributed by atoms with Gasteiger partial charge >= 0.3 is 0 Å². The molecule has 1 aliphatic carbocycles. The molecule has 0 saturated heterocycles. The Hall–Kier alpha value is -0.690. The minimum absolute atomic E-state index is 0.598. The van der Waals surface area contributed by atoms with Gasteiger partial charge in [0.2, 0.25) is 0 Å². The van der Waals surface area contributed by atoms with E-state index in [0.29, 0.717) is 6.04 Å². The third-order valence-electron chi connectivity index (χ3n) is 4.27. The van der Waals surface area contributed by atoms with Crippen molar-refractivity contribution in [1.82, 2.24) is 0 Å². The molecule has 1 N–H and O–H groups in total. The molecule has 2 atom stereocenters. The maximum absolute atomic E-state index is 6.27. The molecule has 1 aliphatic rings. The molecule has 106 valence electrons. The molecule has 0 spiro atoms. The number of benzene rings is 1. The van der Waals surface area contributed by atoms with Crippen LogP contribution in [0, 0.1) is 12.8 Å². The Labute approximate surface area is 122 Å². The normalized spacial score (nSPS) is 23.9. The number of rotatable bonds is 4. The van der Waals surface area contributed by atoms with Crippen LogP contribution in [0.2, 0.25) is 5.02 Å². The predicted molar refractivity (Wildman–Crippen MR) is 85.1 cm³/mol. The summed E-state index contributed by atoms with van der Waals surface area (Å²) in [6.07, 6.45) is 9.43. The van der Waals surface area contributed by atoms with Crippen LogP contribution < -0.4 is 5.32 Å². The van der Waals surface area contributed by atoms with Crippen LogP contribution in [0.3, 0.4) is 0 Å². The highest BCUT2D eigenvalue weighted by molar-refractivity contribution is 6.33. The number of hydrogen-bond donors (Lipinski definition) is 1. The summed E-state index contributed by atoms with van der Waals surface area (Å²) in [5.41, 5.74) is 2.38. The van der Waals surface area contributed by atoms with Gasteiger partial charge in [-0.25, -0.2) is 0 Å². The minimum Gasteiger partial charge on any atom is -0.381 e. The quantitative estimate of drug-likeness (QED) is 0.686. The average molecular weight is 280 g/mol. The Morgan fingerprint density at radius 3 is 2.84 bits per heavy atom. The van der Waals surface area contributed by atoms with Gasteiger partial charge in [0.1, 0.15) is 0 Å². The van der Waals surface area contributed by atoms with E-state index < -0.39 is 0 Å². The fraction of sp³-hybridized carbons (Fsp3) is 0.647. The Morgan fingerprint density at radius 1 is 1.21 bits per heavy atom. The molecule has 0 heterocycles. The molecule has 0 bridgehead atoms. The van der Waals surface area contributed by atoms with Crippen molar-refractivity contribution in [3.8, 4) is 0 Å². The molecule has 1 aromatic carbocycles. The SMILES string of the molecule is CCCC1CCCC(Nc2cc(C)ccc2Cl)CC1. The van der Waals surface area contributed by atoms with E-state index in [0.717, 1.165) is 16.6 Å². The van der Waals surface area contributed by atoms with Crippen LogP contribution in [0.15, 0.2) is 18.2 Å². The van der Waals surface area contributed by atoms with Gasteiger partial charge in [-0.15, -0.1) is 0 Å². The molecular formula is C17H26ClN. The zero-order valence-electron chi connectivity index (χ0n) is 12.2. The van der Waals surface area contributed by atoms with E-state index in [1.54, 1.807) is 0 Å². The molecule has 1 nitrogen and oxygen atoms in total. The molecule has 2 unspecified atom stereocenters. The van der Waals surface area contributed by atoms with Crippen LogP contribution >= 0.6 is 11.6 Å². The molecule has 1 aromatic rings. The summed E-state index contributed by atoms with van der Waals surface area (Å²) >= 11 is 6.27. The fourth-order valence-electron chi connectivity index (χ4n) is 3.19. The summed E-state index contributed by atoms with van der Waals surface area (Å²) in [4.78, 5) is 0. The lowest BCUT2D eigenvalue weighted by molar-refractivity contribution is 0.422. The Morgan fingerprint density at radius 2 is 2.05 bits per heavy atom. The van der Waals surface area contributed by atoms with E-state index in [1.165, 1.54) is 50.5 Å². The zero-order chi connectivity index (χ0) is 13.7. The van der Waals surface area contributed by atoms with E-state index in [-0.39, 0.29) is 0 Å². The van der Waals surface area contributed by atoms with Crippen molar-refractivity contribution < 1.29 is 0 Å². The van der Waals surface area contributed by atoms with Gasteiger partial charge in [-0.05, 0) is 49.8 Å². The zero-order valence-corrected chi connectivity index (χ0v) is 13.0. The lowest BCUT2D eigenvalue weighted by atomic mass is 9.95. The van der Waals surface area contributed by atoms with E-state index in [9.17, 15) is 0 Å². The second-order valence-electron chi connectivity index (χ2n) is 5.99. The van der Waals surface area contributed by atoms with Crippen molar-refractivity contribution in [2.24, 2.45) is 5.92 Å². The molecule has 19 heavy (non-hydrogen) atoms. The largest absolute Gasteiger partial charge is 0.381 e. The highest BCUT2D eigenvalue weighted by Gasteiger charge is 2.18. The van der Waals surface area contributed by atoms with Crippen LogP contribution in [0.4, 0.5) is 5.69 Å². The van der Waals surface area contributed by atoms with Crippen molar-refractivity contribution in [1.29, 1.82) is 0 Å². The van der Waals surface area contributed by atoms with Gasteiger partial charge < -0.3 is 5.32 Å². The van der Waals surface area contributed by atoms with Crippen molar-refractivity contribution in [2.45, 2.75) is 64.8 Å². The molecule has 0 amide bonds. The van der Waals surface area contributed by atoms with Gasteiger partial charge in [-0.1, -0.05) is 50.3 Å². The van der Waals surface area contributed by atoms with Gasteiger partial charge in [-0.2, -0.15) is 0 Å². The van der Waals surface area contributed by atoms with Crippen molar-refractivity contribution in [3.05, 3.63) is 28.8 Å². The molecule has 2 heteroatoms. The maximum Gasteiger partial charge on any atom is 0.0637 e. The second kappa shape index (κ2) is 7.19. The summed E-state index contributed by atoms with van der Waals surface area (Å²) in [5, 5.41) is 4.51.